The Hall–Kier alpha value is -0.910. The molecule has 0 saturated carbocycles. The summed E-state index contributed by atoms with van der Waals surface area (Å²) in [7, 11) is -0.911. The molecule has 3 N–H and O–H groups in total. The van der Waals surface area contributed by atoms with Crippen molar-refractivity contribution in [3.8, 4) is 0 Å². The fourth-order valence-corrected chi connectivity index (χ4v) is 2.35. The normalized spacial score (nSPS) is 14.5. The molecule has 0 saturated heterocycles. The topological polar surface area (TPSA) is 89.6 Å². The smallest absolute Gasteiger partial charge is 0.404 e. The molecule has 0 bridgehead atoms. The van der Waals surface area contributed by atoms with Gasteiger partial charge in [-0.3, -0.25) is 4.79 Å². The molecule has 5 nitrogen and oxygen atoms in total. The molecule has 84 valence electrons. The lowest BCUT2D eigenvalue weighted by Gasteiger charge is -2.29. The summed E-state index contributed by atoms with van der Waals surface area (Å²) in [4.78, 5) is 20.9. The van der Waals surface area contributed by atoms with Gasteiger partial charge in [0.05, 0.1) is 6.42 Å². The van der Waals surface area contributed by atoms with E-state index in [0.717, 1.165) is 0 Å². The highest BCUT2D eigenvalue weighted by molar-refractivity contribution is 8.32. The highest BCUT2D eigenvalue weighted by Crippen LogP contribution is 2.36. The van der Waals surface area contributed by atoms with Crippen LogP contribution in [0.15, 0.2) is 0 Å². The van der Waals surface area contributed by atoms with Crippen LogP contribution in [0.5, 0.6) is 0 Å². The molecule has 0 aromatic heterocycles. The van der Waals surface area contributed by atoms with Crippen LogP contribution in [0.3, 0.4) is 0 Å². The molecule has 14 heavy (non-hydrogen) atoms. The van der Waals surface area contributed by atoms with E-state index in [-0.39, 0.29) is 6.42 Å². The molecular formula is C8H17NO4S. The number of carbonyl (C=O) groups excluding carboxylic acids is 1. The summed E-state index contributed by atoms with van der Waals surface area (Å²) in [6.45, 7) is 0. The van der Waals surface area contributed by atoms with Gasteiger partial charge in [-0.05, 0) is 18.8 Å². The second kappa shape index (κ2) is 5.09. The van der Waals surface area contributed by atoms with Gasteiger partial charge in [-0.15, -0.1) is 0 Å². The first-order valence-corrected chi connectivity index (χ1v) is 7.07. The molecule has 0 aliphatic carbocycles. The maximum Gasteiger partial charge on any atom is 0.404 e. The van der Waals surface area contributed by atoms with Crippen LogP contribution in [-0.2, 0) is 9.53 Å². The summed E-state index contributed by atoms with van der Waals surface area (Å²) < 4.78 is 4.72. The number of rotatable bonds is 5. The first kappa shape index (κ1) is 13.1. The summed E-state index contributed by atoms with van der Waals surface area (Å²) in [5.74, 6) is -0.428. The first-order valence-electron chi connectivity index (χ1n) is 4.04. The molecular weight excluding hydrogens is 206 g/mol. The summed E-state index contributed by atoms with van der Waals surface area (Å²) in [6.07, 6.45) is 4.34. The third-order valence-corrected chi connectivity index (χ3v) is 2.74. The second-order valence-electron chi connectivity index (χ2n) is 3.91. The average Bonchev–Trinajstić information content (AvgIpc) is 1.77. The molecule has 1 unspecified atom stereocenters. The molecule has 0 spiro atoms. The fraction of sp³-hybridized carbons (Fsp3) is 0.750. The third kappa shape index (κ3) is 7.72. The van der Waals surface area contributed by atoms with Crippen LogP contribution in [0.25, 0.3) is 0 Å². The molecule has 0 aromatic carbocycles. The number of carbonyl (C=O) groups is 2. The fourth-order valence-electron chi connectivity index (χ4n) is 1.05. The van der Waals surface area contributed by atoms with Gasteiger partial charge in [0.15, 0.2) is 0 Å². The first-order chi connectivity index (χ1) is 6.20. The van der Waals surface area contributed by atoms with Gasteiger partial charge >= 0.3 is 12.1 Å². The maximum atomic E-state index is 10.5. The van der Waals surface area contributed by atoms with Gasteiger partial charge < -0.3 is 15.6 Å². The number of nitrogens with two attached hydrogens (primary N) is 1. The Morgan fingerprint density at radius 2 is 1.93 bits per heavy atom. The summed E-state index contributed by atoms with van der Waals surface area (Å²) in [5, 5.41) is 8.57. The third-order valence-electron chi connectivity index (χ3n) is 1.37. The lowest BCUT2D eigenvalue weighted by Crippen LogP contribution is -2.29. The van der Waals surface area contributed by atoms with Gasteiger partial charge in [0.25, 0.3) is 0 Å². The van der Waals surface area contributed by atoms with Gasteiger partial charge in [0.2, 0.25) is 0 Å². The average molecular weight is 223 g/mol. The van der Waals surface area contributed by atoms with E-state index in [1.807, 2.05) is 18.8 Å². The molecule has 0 radical (unpaired) electrons. The Morgan fingerprint density at radius 3 is 2.21 bits per heavy atom. The van der Waals surface area contributed by atoms with E-state index in [0.29, 0.717) is 5.75 Å². The zero-order valence-electron chi connectivity index (χ0n) is 8.65. The van der Waals surface area contributed by atoms with Crippen molar-refractivity contribution in [3.63, 3.8) is 0 Å². The lowest BCUT2D eigenvalue weighted by atomic mass is 10.3. The number of carboxylic acids is 1. The van der Waals surface area contributed by atoms with Crippen molar-refractivity contribution in [2.75, 3.05) is 24.5 Å². The Bertz CT molecular complexity index is 208. The zero-order valence-corrected chi connectivity index (χ0v) is 9.47. The van der Waals surface area contributed by atoms with Crippen molar-refractivity contribution in [1.82, 2.24) is 0 Å². The molecule has 1 atom stereocenters. The van der Waals surface area contributed by atoms with E-state index in [1.165, 1.54) is 0 Å². The molecule has 0 aliphatic heterocycles. The predicted molar refractivity (Wildman–Crippen MR) is 56.9 cm³/mol. The van der Waals surface area contributed by atoms with Crippen molar-refractivity contribution < 1.29 is 19.4 Å². The largest absolute Gasteiger partial charge is 0.481 e. The van der Waals surface area contributed by atoms with Gasteiger partial charge in [-0.2, -0.15) is 0 Å². The summed E-state index contributed by atoms with van der Waals surface area (Å²) >= 11 is 0. The van der Waals surface area contributed by atoms with Crippen LogP contribution < -0.4 is 5.73 Å². The predicted octanol–water partition coefficient (Wildman–Crippen LogP) is 0.619. The van der Waals surface area contributed by atoms with Crippen LogP contribution in [0.1, 0.15) is 6.42 Å². The van der Waals surface area contributed by atoms with Gasteiger partial charge in [0.1, 0.15) is 6.10 Å². The Morgan fingerprint density at radius 1 is 1.43 bits per heavy atom. The number of carboxylic acid groups (broad SMARTS) is 1. The van der Waals surface area contributed by atoms with Crippen LogP contribution >= 0.6 is 10.0 Å². The standard InChI is InChI=1S/C8H17NO4S/c1-14(2,3)5-6(4-7(10)11)13-8(9)12/h6H,4-5H2,1-3H3,(H2,9,12)(H,10,11). The maximum absolute atomic E-state index is 10.5. The molecule has 1 amide bonds. The zero-order chi connectivity index (χ0) is 11.4. The van der Waals surface area contributed by atoms with Crippen molar-refractivity contribution in [3.05, 3.63) is 0 Å². The Kier molecular flexibility index (Phi) is 4.76. The molecule has 0 aromatic rings. The van der Waals surface area contributed by atoms with Crippen LogP contribution in [0.4, 0.5) is 4.79 Å². The van der Waals surface area contributed by atoms with Gasteiger partial charge in [-0.25, -0.2) is 14.8 Å². The molecule has 0 rings (SSSR count). The van der Waals surface area contributed by atoms with E-state index < -0.39 is 28.2 Å². The van der Waals surface area contributed by atoms with Crippen molar-refractivity contribution >= 4 is 22.1 Å². The number of primary amides is 1. The number of hydrogen-bond acceptors (Lipinski definition) is 3. The molecule has 0 heterocycles. The van der Waals surface area contributed by atoms with E-state index >= 15 is 0 Å². The van der Waals surface area contributed by atoms with Gasteiger partial charge in [-0.1, -0.05) is 0 Å². The SMILES string of the molecule is CS(C)(C)CC(CC(=O)O)OC(N)=O. The van der Waals surface area contributed by atoms with Crippen LogP contribution in [-0.4, -0.2) is 47.8 Å². The minimum atomic E-state index is -0.986. The molecule has 6 heteroatoms. The number of aliphatic carboxylic acids is 1. The van der Waals surface area contributed by atoms with Gasteiger partial charge in [0, 0.05) is 5.75 Å². The van der Waals surface area contributed by atoms with Crippen molar-refractivity contribution in [2.24, 2.45) is 5.73 Å². The van der Waals surface area contributed by atoms with E-state index in [1.54, 1.807) is 0 Å². The lowest BCUT2D eigenvalue weighted by molar-refractivity contribution is -0.138. The Labute approximate surface area is 84.9 Å². The van der Waals surface area contributed by atoms with E-state index in [9.17, 15) is 9.59 Å². The quantitative estimate of drug-likeness (QED) is 0.715. The number of ether oxygens (including phenoxy) is 1. The highest BCUT2D eigenvalue weighted by atomic mass is 32.3. The molecule has 0 fully saturated rings. The van der Waals surface area contributed by atoms with Crippen LogP contribution in [0.2, 0.25) is 0 Å². The number of hydrogen-bond donors (Lipinski definition) is 2. The summed E-state index contributed by atoms with van der Waals surface area (Å²) in [5.41, 5.74) is 4.84. The number of amides is 1. The van der Waals surface area contributed by atoms with Crippen molar-refractivity contribution in [2.45, 2.75) is 12.5 Å². The van der Waals surface area contributed by atoms with Crippen molar-refractivity contribution in [1.29, 1.82) is 0 Å². The van der Waals surface area contributed by atoms with Crippen LogP contribution in [0, 0.1) is 0 Å². The molecule has 0 aliphatic rings. The second-order valence-corrected chi connectivity index (χ2v) is 8.43. The minimum Gasteiger partial charge on any atom is -0.481 e. The van der Waals surface area contributed by atoms with E-state index in [2.05, 4.69) is 0 Å². The minimum absolute atomic E-state index is 0.187. The summed E-state index contributed by atoms with van der Waals surface area (Å²) in [6, 6.07) is 0. The van der Waals surface area contributed by atoms with E-state index in [4.69, 9.17) is 15.6 Å². The Balaban J connectivity index is 4.24. The highest BCUT2D eigenvalue weighted by Gasteiger charge is 2.21. The monoisotopic (exact) mass is 223 g/mol.